The molecule has 2 aromatic carbocycles. The number of aromatic nitrogens is 2. The molecule has 1 aliphatic heterocycles. The van der Waals surface area contributed by atoms with Gasteiger partial charge in [-0.05, 0) is 25.1 Å². The monoisotopic (exact) mass is 376 g/mol. The van der Waals surface area contributed by atoms with E-state index in [1.165, 1.54) is 11.1 Å². The van der Waals surface area contributed by atoms with Gasteiger partial charge >= 0.3 is 0 Å². The molecule has 0 radical (unpaired) electrons. The number of methoxy groups -OCH3 is 1. The second-order valence-corrected chi connectivity index (χ2v) is 7.38. The molecule has 0 bridgehead atoms. The maximum absolute atomic E-state index is 5.49. The minimum atomic E-state index is 0.947. The first-order valence-corrected chi connectivity index (χ1v) is 9.90. The third kappa shape index (κ3) is 4.26. The normalized spacial score (nSPS) is 15.6. The van der Waals surface area contributed by atoms with Gasteiger partial charge in [0.05, 0.1) is 18.5 Å². The van der Waals surface area contributed by atoms with E-state index in [4.69, 9.17) is 9.84 Å². The molecule has 0 unspecified atom stereocenters. The first-order valence-electron chi connectivity index (χ1n) is 9.90. The Balaban J connectivity index is 1.34. The molecule has 4 rings (SSSR count). The lowest BCUT2D eigenvalue weighted by molar-refractivity contribution is 0.121. The predicted octanol–water partition coefficient (Wildman–Crippen LogP) is 3.51. The molecule has 1 aromatic heterocycles. The Morgan fingerprint density at radius 1 is 0.821 bits per heavy atom. The molecule has 0 aliphatic carbocycles. The van der Waals surface area contributed by atoms with Gasteiger partial charge in [-0.15, -0.1) is 0 Å². The van der Waals surface area contributed by atoms with Crippen LogP contribution in [0.25, 0.3) is 5.69 Å². The van der Waals surface area contributed by atoms with E-state index in [-0.39, 0.29) is 0 Å². The number of piperazine rings is 1. The van der Waals surface area contributed by atoms with Crippen molar-refractivity contribution in [2.45, 2.75) is 20.0 Å². The molecule has 5 nitrogen and oxygen atoms in total. The molecular weight excluding hydrogens is 348 g/mol. The van der Waals surface area contributed by atoms with Crippen LogP contribution in [0.3, 0.4) is 0 Å². The highest BCUT2D eigenvalue weighted by Crippen LogP contribution is 2.21. The highest BCUT2D eigenvalue weighted by Gasteiger charge is 2.19. The zero-order chi connectivity index (χ0) is 19.3. The van der Waals surface area contributed by atoms with Gasteiger partial charge in [-0.1, -0.05) is 36.4 Å². The van der Waals surface area contributed by atoms with Gasteiger partial charge in [0, 0.05) is 56.6 Å². The summed E-state index contributed by atoms with van der Waals surface area (Å²) in [6.45, 7) is 8.31. The lowest BCUT2D eigenvalue weighted by Crippen LogP contribution is -2.45. The third-order valence-electron chi connectivity index (χ3n) is 5.47. The van der Waals surface area contributed by atoms with Gasteiger partial charge in [-0.25, -0.2) is 4.68 Å². The fraction of sp³-hybridized carbons (Fsp3) is 0.348. The van der Waals surface area contributed by atoms with Crippen LogP contribution in [0.4, 0.5) is 0 Å². The summed E-state index contributed by atoms with van der Waals surface area (Å²) in [6, 6.07) is 18.6. The molecule has 0 amide bonds. The number of hydrogen-bond acceptors (Lipinski definition) is 4. The van der Waals surface area contributed by atoms with Gasteiger partial charge in [0.1, 0.15) is 5.75 Å². The molecule has 28 heavy (non-hydrogen) atoms. The summed E-state index contributed by atoms with van der Waals surface area (Å²) in [4.78, 5) is 5.03. The number of ether oxygens (including phenoxy) is 1. The van der Waals surface area contributed by atoms with Crippen LogP contribution in [0.15, 0.2) is 60.8 Å². The summed E-state index contributed by atoms with van der Waals surface area (Å²) in [5, 5.41) is 4.70. The van der Waals surface area contributed by atoms with Crippen LogP contribution < -0.4 is 4.74 Å². The topological polar surface area (TPSA) is 33.5 Å². The summed E-state index contributed by atoms with van der Waals surface area (Å²) in [5.74, 6) is 0.980. The fourth-order valence-electron chi connectivity index (χ4n) is 3.78. The van der Waals surface area contributed by atoms with Crippen LogP contribution in [-0.4, -0.2) is 52.9 Å². The Labute approximate surface area is 167 Å². The van der Waals surface area contributed by atoms with Crippen molar-refractivity contribution in [3.8, 4) is 11.4 Å². The average molecular weight is 377 g/mol. The van der Waals surface area contributed by atoms with Crippen LogP contribution in [0.5, 0.6) is 5.75 Å². The molecule has 1 saturated heterocycles. The standard InChI is InChI=1S/C23H28N4O/c1-19-21(18-27(24-19)22-9-4-3-5-10-22)17-26-14-12-25(13-15-26)16-20-8-6-7-11-23(20)28-2/h3-11,18H,12-17H2,1-2H3. The first kappa shape index (κ1) is 18.7. The minimum Gasteiger partial charge on any atom is -0.496 e. The van der Waals surface area contributed by atoms with E-state index in [1.807, 2.05) is 35.0 Å². The van der Waals surface area contributed by atoms with Crippen molar-refractivity contribution in [3.05, 3.63) is 77.6 Å². The van der Waals surface area contributed by atoms with Crippen LogP contribution in [0.2, 0.25) is 0 Å². The van der Waals surface area contributed by atoms with Gasteiger partial charge in [0.25, 0.3) is 0 Å². The van der Waals surface area contributed by atoms with E-state index in [9.17, 15) is 0 Å². The Morgan fingerprint density at radius 2 is 1.43 bits per heavy atom. The number of benzene rings is 2. The molecule has 146 valence electrons. The van der Waals surface area contributed by atoms with Gasteiger partial charge in [0.15, 0.2) is 0 Å². The van der Waals surface area contributed by atoms with E-state index in [1.54, 1.807) is 7.11 Å². The Morgan fingerprint density at radius 3 is 2.11 bits per heavy atom. The maximum Gasteiger partial charge on any atom is 0.123 e. The summed E-state index contributed by atoms with van der Waals surface area (Å²) in [7, 11) is 1.74. The summed E-state index contributed by atoms with van der Waals surface area (Å²) >= 11 is 0. The van der Waals surface area contributed by atoms with Gasteiger partial charge in [-0.3, -0.25) is 9.80 Å². The van der Waals surface area contributed by atoms with Crippen molar-refractivity contribution in [2.24, 2.45) is 0 Å². The first-order chi connectivity index (χ1) is 13.7. The van der Waals surface area contributed by atoms with Crippen LogP contribution in [-0.2, 0) is 13.1 Å². The molecule has 2 heterocycles. The molecule has 0 atom stereocenters. The molecule has 1 aliphatic rings. The Bertz CT molecular complexity index is 898. The van der Waals surface area contributed by atoms with Crippen molar-refractivity contribution < 1.29 is 4.74 Å². The fourth-order valence-corrected chi connectivity index (χ4v) is 3.78. The van der Waals surface area contributed by atoms with Crippen molar-refractivity contribution in [3.63, 3.8) is 0 Å². The van der Waals surface area contributed by atoms with Crippen molar-refractivity contribution >= 4 is 0 Å². The highest BCUT2D eigenvalue weighted by molar-refractivity contribution is 5.33. The smallest absolute Gasteiger partial charge is 0.123 e. The molecule has 0 spiro atoms. The highest BCUT2D eigenvalue weighted by atomic mass is 16.5. The van der Waals surface area contributed by atoms with Crippen LogP contribution in [0.1, 0.15) is 16.8 Å². The van der Waals surface area contributed by atoms with Gasteiger partial charge in [-0.2, -0.15) is 5.10 Å². The number of hydrogen-bond donors (Lipinski definition) is 0. The van der Waals surface area contributed by atoms with Crippen molar-refractivity contribution in [1.29, 1.82) is 0 Å². The summed E-state index contributed by atoms with van der Waals surface area (Å²) in [5.41, 5.74) is 4.79. The predicted molar refractivity (Wildman–Crippen MR) is 112 cm³/mol. The largest absolute Gasteiger partial charge is 0.496 e. The van der Waals surface area contributed by atoms with Gasteiger partial charge in [0.2, 0.25) is 0 Å². The second kappa shape index (κ2) is 8.59. The van der Waals surface area contributed by atoms with E-state index >= 15 is 0 Å². The molecule has 1 fully saturated rings. The zero-order valence-corrected chi connectivity index (χ0v) is 16.7. The third-order valence-corrected chi connectivity index (χ3v) is 5.47. The maximum atomic E-state index is 5.49. The Hall–Kier alpha value is -2.63. The van der Waals surface area contributed by atoms with Crippen LogP contribution in [0, 0.1) is 6.92 Å². The lowest BCUT2D eigenvalue weighted by atomic mass is 10.1. The van der Waals surface area contributed by atoms with E-state index in [0.29, 0.717) is 0 Å². The quantitative estimate of drug-likeness (QED) is 0.659. The molecule has 0 saturated carbocycles. The SMILES string of the molecule is COc1ccccc1CN1CCN(Cc2cn(-c3ccccc3)nc2C)CC1. The number of rotatable bonds is 6. The summed E-state index contributed by atoms with van der Waals surface area (Å²) < 4.78 is 7.48. The zero-order valence-electron chi connectivity index (χ0n) is 16.7. The number of nitrogens with zero attached hydrogens (tertiary/aromatic N) is 4. The van der Waals surface area contributed by atoms with Crippen LogP contribution >= 0.6 is 0 Å². The second-order valence-electron chi connectivity index (χ2n) is 7.38. The average Bonchev–Trinajstić information content (AvgIpc) is 3.11. The van der Waals surface area contributed by atoms with Crippen molar-refractivity contribution in [2.75, 3.05) is 33.3 Å². The van der Waals surface area contributed by atoms with E-state index < -0.39 is 0 Å². The van der Waals surface area contributed by atoms with Gasteiger partial charge < -0.3 is 4.74 Å². The number of para-hydroxylation sites is 2. The molecule has 3 aromatic rings. The number of aryl methyl sites for hydroxylation is 1. The molecular formula is C23H28N4O. The lowest BCUT2D eigenvalue weighted by Gasteiger charge is -2.34. The van der Waals surface area contributed by atoms with E-state index in [0.717, 1.165) is 56.4 Å². The summed E-state index contributed by atoms with van der Waals surface area (Å²) in [6.07, 6.45) is 2.17. The Kier molecular flexibility index (Phi) is 5.74. The van der Waals surface area contributed by atoms with Crippen molar-refractivity contribution in [1.82, 2.24) is 19.6 Å². The molecule has 5 heteroatoms. The molecule has 0 N–H and O–H groups in total. The van der Waals surface area contributed by atoms with E-state index in [2.05, 4.69) is 47.2 Å². The minimum absolute atomic E-state index is 0.947.